The maximum atomic E-state index is 15.2. The molecule has 0 radical (unpaired) electrons. The molecular formula is C48H59F3N6O10S2. The summed E-state index contributed by atoms with van der Waals surface area (Å²) in [5, 5.41) is 5.31. The Morgan fingerprint density at radius 3 is 2.43 bits per heavy atom. The third-order valence-corrected chi connectivity index (χ3v) is 16.8. The fourth-order valence-electron chi connectivity index (χ4n) is 9.42. The van der Waals surface area contributed by atoms with Crippen molar-refractivity contribution in [2.24, 2.45) is 17.8 Å². The van der Waals surface area contributed by atoms with Crippen LogP contribution in [0.3, 0.4) is 0 Å². The highest BCUT2D eigenvalue weighted by molar-refractivity contribution is 7.91. The fourth-order valence-corrected chi connectivity index (χ4v) is 11.3. The van der Waals surface area contributed by atoms with Crippen molar-refractivity contribution in [3.63, 3.8) is 0 Å². The van der Waals surface area contributed by atoms with E-state index in [0.29, 0.717) is 55.0 Å². The molecule has 4 amide bonds. The minimum Gasteiger partial charge on any atom is -0.491 e. The molecule has 8 rings (SSSR count). The highest BCUT2D eigenvalue weighted by atomic mass is 32.2. The number of carbonyl (C=O) groups is 4. The van der Waals surface area contributed by atoms with E-state index in [-0.39, 0.29) is 44.4 Å². The van der Waals surface area contributed by atoms with Crippen molar-refractivity contribution in [2.75, 3.05) is 19.8 Å². The molecule has 3 aromatic rings. The summed E-state index contributed by atoms with van der Waals surface area (Å²) in [6.45, 7) is 7.96. The van der Waals surface area contributed by atoms with Crippen molar-refractivity contribution in [3.8, 4) is 33.3 Å². The van der Waals surface area contributed by atoms with Crippen LogP contribution in [0.25, 0.3) is 21.8 Å². The quantitative estimate of drug-likeness (QED) is 0.165. The van der Waals surface area contributed by atoms with Crippen LogP contribution in [-0.2, 0) is 33.9 Å². The zero-order valence-electron chi connectivity index (χ0n) is 39.2. The third-order valence-electron chi connectivity index (χ3n) is 13.8. The molecule has 2 saturated carbocycles. The number of hydrogen-bond donors (Lipinski definition) is 3. The molecule has 69 heavy (non-hydrogen) atoms. The van der Waals surface area contributed by atoms with Gasteiger partial charge < -0.3 is 34.5 Å². The van der Waals surface area contributed by atoms with Crippen LogP contribution in [0.15, 0.2) is 60.3 Å². The first-order valence-electron chi connectivity index (χ1n) is 23.5. The Kier molecular flexibility index (Phi) is 14.2. The van der Waals surface area contributed by atoms with Gasteiger partial charge in [-0.3, -0.25) is 24.1 Å². The molecule has 21 heteroatoms. The van der Waals surface area contributed by atoms with Gasteiger partial charge in [-0.15, -0.1) is 11.3 Å². The van der Waals surface area contributed by atoms with Crippen molar-refractivity contribution in [1.82, 2.24) is 30.2 Å². The second-order valence-electron chi connectivity index (χ2n) is 19.8. The Hall–Kier alpha value is -5.28. The van der Waals surface area contributed by atoms with Gasteiger partial charge in [0, 0.05) is 49.3 Å². The van der Waals surface area contributed by atoms with Crippen LogP contribution in [0.2, 0.25) is 0 Å². The molecule has 2 aromatic heterocycles. The average Bonchev–Trinajstić information content (AvgIpc) is 4.04. The zero-order chi connectivity index (χ0) is 49.5. The normalized spacial score (nSPS) is 29.8. The number of rotatable bonds is 11. The maximum absolute atomic E-state index is 15.2. The number of aromatic nitrogens is 2. The smallest absolute Gasteiger partial charge is 0.430 e. The number of alkyl halides is 3. The molecule has 2 saturated heterocycles. The van der Waals surface area contributed by atoms with Gasteiger partial charge in [0.1, 0.15) is 35.2 Å². The molecule has 0 spiro atoms. The Labute approximate surface area is 403 Å². The van der Waals surface area contributed by atoms with Crippen molar-refractivity contribution in [1.29, 1.82) is 0 Å². The lowest BCUT2D eigenvalue weighted by Crippen LogP contribution is -2.60. The molecule has 374 valence electrons. The van der Waals surface area contributed by atoms with Gasteiger partial charge in [0.25, 0.3) is 5.91 Å². The van der Waals surface area contributed by atoms with Crippen molar-refractivity contribution < 1.29 is 59.7 Å². The Morgan fingerprint density at radius 2 is 1.78 bits per heavy atom. The number of fused-ring (bicyclic) bond motifs is 2. The van der Waals surface area contributed by atoms with Gasteiger partial charge in [0.05, 0.1) is 45.8 Å². The molecular weight excluding hydrogens is 942 g/mol. The van der Waals surface area contributed by atoms with E-state index in [9.17, 15) is 36.0 Å². The summed E-state index contributed by atoms with van der Waals surface area (Å²) in [5.41, 5.74) is -1.14. The first-order chi connectivity index (χ1) is 32.6. The molecule has 3 N–H and O–H groups in total. The van der Waals surface area contributed by atoms with Crippen LogP contribution >= 0.6 is 11.3 Å². The van der Waals surface area contributed by atoms with Crippen LogP contribution in [-0.4, -0.2) is 113 Å². The number of pyridine rings is 1. The monoisotopic (exact) mass is 1000 g/mol. The number of allylic oxidation sites excluding steroid dienone is 1. The number of hydrogen-bond acceptors (Lipinski definition) is 13. The van der Waals surface area contributed by atoms with E-state index in [4.69, 9.17) is 23.9 Å². The van der Waals surface area contributed by atoms with Crippen molar-refractivity contribution >= 4 is 45.2 Å². The van der Waals surface area contributed by atoms with Crippen LogP contribution in [0, 0.1) is 17.8 Å². The molecule has 5 heterocycles. The molecule has 0 bridgehead atoms. The minimum atomic E-state index is -4.98. The molecule has 3 aliphatic heterocycles. The van der Waals surface area contributed by atoms with E-state index in [0.717, 1.165) is 10.4 Å². The second kappa shape index (κ2) is 19.5. The van der Waals surface area contributed by atoms with Crippen molar-refractivity contribution in [3.05, 3.63) is 60.3 Å². The zero-order valence-corrected chi connectivity index (χ0v) is 40.8. The number of nitrogens with zero attached hydrogens (tertiary/aromatic N) is 3. The predicted octanol–water partition coefficient (Wildman–Crippen LogP) is 7.10. The molecule has 16 nitrogen and oxygen atoms in total. The first-order valence-corrected chi connectivity index (χ1v) is 25.8. The number of alkyl carbamates (subject to hydrolysis) is 1. The van der Waals surface area contributed by atoms with E-state index >= 15 is 4.79 Å². The first kappa shape index (κ1) is 50.1. The Morgan fingerprint density at radius 1 is 1.04 bits per heavy atom. The number of benzene rings is 1. The number of thiazole rings is 1. The minimum absolute atomic E-state index is 0.0146. The molecule has 5 aliphatic rings. The van der Waals surface area contributed by atoms with E-state index in [1.165, 1.54) is 16.2 Å². The second-order valence-corrected chi connectivity index (χ2v) is 22.8. The predicted molar refractivity (Wildman–Crippen MR) is 248 cm³/mol. The largest absolute Gasteiger partial charge is 0.491 e. The van der Waals surface area contributed by atoms with E-state index in [1.807, 2.05) is 51.1 Å². The molecule has 4 fully saturated rings. The lowest BCUT2D eigenvalue weighted by Gasteiger charge is -2.38. The van der Waals surface area contributed by atoms with Gasteiger partial charge in [-0.1, -0.05) is 26.0 Å². The SMILES string of the molecule is CC(C)Oc1ccc(-c2cc(O[C@@H]3C[C@H]4C(=O)N[C@]5(C(=O)NS(=O)(=O)C6(C)CC6)C[C@H]5/C=C\CC[C@H](C)C[C@@H](C)[C@H](NC(=O)OC5(C(F)(F)F)CCCOC5)C(=O)N4C3)cc(-c3cncs3)n2)cc1. The van der Waals surface area contributed by atoms with E-state index in [1.54, 1.807) is 43.8 Å². The summed E-state index contributed by atoms with van der Waals surface area (Å²) in [7, 11) is -4.11. The van der Waals surface area contributed by atoms with Crippen LogP contribution < -0.4 is 24.8 Å². The summed E-state index contributed by atoms with van der Waals surface area (Å²) in [6.07, 6.45) is -0.440. The lowest BCUT2D eigenvalue weighted by atomic mass is 9.88. The van der Waals surface area contributed by atoms with Crippen LogP contribution in [0.5, 0.6) is 11.5 Å². The van der Waals surface area contributed by atoms with Crippen LogP contribution in [0.1, 0.15) is 92.4 Å². The average molecular weight is 1000 g/mol. The number of amides is 4. The Bertz CT molecular complexity index is 2530. The highest BCUT2D eigenvalue weighted by Crippen LogP contribution is 2.48. The summed E-state index contributed by atoms with van der Waals surface area (Å²) >= 11 is 1.36. The number of ether oxygens (including phenoxy) is 4. The Balaban J connectivity index is 1.14. The maximum Gasteiger partial charge on any atom is 0.430 e. The van der Waals surface area contributed by atoms with Crippen LogP contribution in [0.4, 0.5) is 18.0 Å². The fraction of sp³-hybridized carbons (Fsp3) is 0.583. The van der Waals surface area contributed by atoms with Gasteiger partial charge in [-0.2, -0.15) is 13.2 Å². The standard InChI is InChI=1S/C48H59F3N6O10S2/c1-28(2)65-33-13-11-31(12-14-33)36-20-34(21-37(53-36)39-24-52-27-68-39)66-35-22-38-41(58)55-47(43(60)56-69(62,63)45(5)16-17-45)23-32(47)10-7-6-9-29(3)19-30(4)40(42(59)57(38)25-35)54-44(61)67-46(48(49,50)51)15-8-18-64-26-46/h7,10-14,20-21,24,27-30,32,35,38,40H,6,8-9,15-19,22-23,25-26H2,1-5H3,(H,54,61)(H,55,58)(H,56,60)/b10-7-/t29-,30+,32+,35+,38-,40-,46?,47+/m0/s1. The topological polar surface area (TPSA) is 204 Å². The van der Waals surface area contributed by atoms with E-state index in [2.05, 4.69) is 20.3 Å². The van der Waals surface area contributed by atoms with Gasteiger partial charge >= 0.3 is 12.3 Å². The number of nitrogens with one attached hydrogen (secondary N) is 3. The number of halogens is 3. The van der Waals surface area contributed by atoms with Gasteiger partial charge in [-0.25, -0.2) is 18.2 Å². The molecule has 8 atom stereocenters. The van der Waals surface area contributed by atoms with Crippen molar-refractivity contribution in [2.45, 2.75) is 139 Å². The van der Waals surface area contributed by atoms with Gasteiger partial charge in [0.15, 0.2) is 0 Å². The summed E-state index contributed by atoms with van der Waals surface area (Å²) in [5.74, 6) is -2.78. The van der Waals surface area contributed by atoms with E-state index < -0.39 is 99.0 Å². The molecule has 1 aromatic carbocycles. The number of carbonyl (C=O) groups excluding carboxylic acids is 4. The number of sulfonamides is 1. The summed E-state index contributed by atoms with van der Waals surface area (Å²) in [4.78, 5) is 68.9. The molecule has 2 aliphatic carbocycles. The summed E-state index contributed by atoms with van der Waals surface area (Å²) < 4.78 is 94.3. The molecule has 1 unspecified atom stereocenters. The lowest BCUT2D eigenvalue weighted by molar-refractivity contribution is -0.285. The van der Waals surface area contributed by atoms with Gasteiger partial charge in [-0.05, 0) is 102 Å². The van der Waals surface area contributed by atoms with Gasteiger partial charge in [0.2, 0.25) is 27.4 Å². The summed E-state index contributed by atoms with van der Waals surface area (Å²) in [6, 6.07) is 7.96. The third kappa shape index (κ3) is 10.9. The highest BCUT2D eigenvalue weighted by Gasteiger charge is 2.63.